The first-order valence-electron chi connectivity index (χ1n) is 8.31. The molecule has 0 bridgehead atoms. The number of carbonyl (C=O) groups excluding carboxylic acids is 3. The fraction of sp³-hybridized carbons (Fsp3) is 0.706. The molecule has 0 unspecified atom stereocenters. The van der Waals surface area contributed by atoms with Gasteiger partial charge in [0, 0.05) is 0 Å². The summed E-state index contributed by atoms with van der Waals surface area (Å²) in [5.41, 5.74) is -0.990. The first-order valence-corrected chi connectivity index (χ1v) is 8.31. The van der Waals surface area contributed by atoms with Crippen molar-refractivity contribution in [2.24, 2.45) is 5.92 Å². The summed E-state index contributed by atoms with van der Waals surface area (Å²) in [4.78, 5) is 36.1. The van der Waals surface area contributed by atoms with Crippen molar-refractivity contribution in [3.63, 3.8) is 0 Å². The van der Waals surface area contributed by atoms with Gasteiger partial charge in [-0.2, -0.15) is 13.2 Å². The van der Waals surface area contributed by atoms with Crippen molar-refractivity contribution in [3.05, 3.63) is 12.3 Å². The highest BCUT2D eigenvalue weighted by atomic mass is 19.4. The maximum atomic E-state index is 13.2. The monoisotopic (exact) mass is 412 g/mol. The van der Waals surface area contributed by atoms with Crippen LogP contribution in [0, 0.1) is 5.92 Å². The van der Waals surface area contributed by atoms with Gasteiger partial charge in [-0.05, 0) is 27.7 Å². The molecule has 0 aliphatic rings. The first kappa shape index (κ1) is 25.5. The maximum Gasteiger partial charge on any atom is 0.408 e. The van der Waals surface area contributed by atoms with Gasteiger partial charge in [-0.15, -0.1) is 0 Å². The number of rotatable bonds is 8. The Morgan fingerprint density at radius 3 is 2.04 bits per heavy atom. The van der Waals surface area contributed by atoms with E-state index in [1.165, 1.54) is 27.7 Å². The Morgan fingerprint density at radius 1 is 1.11 bits per heavy atom. The number of hydrogen-bond donors (Lipinski definition) is 2. The lowest BCUT2D eigenvalue weighted by Gasteiger charge is -2.29. The molecule has 0 saturated carbocycles. The van der Waals surface area contributed by atoms with Gasteiger partial charge in [-0.25, -0.2) is 9.59 Å². The fourth-order valence-corrected chi connectivity index (χ4v) is 1.84. The van der Waals surface area contributed by atoms with E-state index in [1.807, 2.05) is 5.32 Å². The molecule has 0 radical (unpaired) electrons. The fourth-order valence-electron chi connectivity index (χ4n) is 1.84. The molecule has 162 valence electrons. The van der Waals surface area contributed by atoms with Crippen LogP contribution in [0.15, 0.2) is 12.3 Å². The third-order valence-corrected chi connectivity index (χ3v) is 3.27. The molecule has 2 N–H and O–H groups in total. The summed E-state index contributed by atoms with van der Waals surface area (Å²) in [6.45, 7) is 9.78. The van der Waals surface area contributed by atoms with Crippen molar-refractivity contribution in [2.75, 3.05) is 13.7 Å². The molecule has 0 aliphatic heterocycles. The van der Waals surface area contributed by atoms with Crippen molar-refractivity contribution < 1.29 is 41.8 Å². The zero-order chi connectivity index (χ0) is 22.3. The molecular formula is C17H27F3N2O6. The lowest BCUT2D eigenvalue weighted by atomic mass is 10.00. The van der Waals surface area contributed by atoms with Gasteiger partial charge in [-0.3, -0.25) is 4.79 Å². The molecule has 0 aliphatic carbocycles. The van der Waals surface area contributed by atoms with E-state index in [1.54, 1.807) is 0 Å². The van der Waals surface area contributed by atoms with Crippen LogP contribution in [0.3, 0.4) is 0 Å². The number of carbonyl (C=O) groups is 3. The van der Waals surface area contributed by atoms with E-state index >= 15 is 0 Å². The number of alkyl halides is 3. The number of ether oxygens (including phenoxy) is 3. The van der Waals surface area contributed by atoms with E-state index in [0.29, 0.717) is 0 Å². The summed E-state index contributed by atoms with van der Waals surface area (Å²) in [5, 5.41) is 4.00. The van der Waals surface area contributed by atoms with Crippen molar-refractivity contribution in [1.82, 2.24) is 10.6 Å². The minimum absolute atomic E-state index is 0.218. The number of allylic oxidation sites excluding steroid dienone is 1. The molecule has 11 heteroatoms. The molecule has 0 fully saturated rings. The molecule has 0 rings (SSSR count). The summed E-state index contributed by atoms with van der Waals surface area (Å²) in [5.74, 6) is -4.24. The molecule has 0 aromatic heterocycles. The summed E-state index contributed by atoms with van der Waals surface area (Å²) in [6, 6.07) is -3.45. The second kappa shape index (κ2) is 10.2. The van der Waals surface area contributed by atoms with Crippen LogP contribution < -0.4 is 10.6 Å². The summed E-state index contributed by atoms with van der Waals surface area (Å²) < 4.78 is 53.9. The van der Waals surface area contributed by atoms with Crippen LogP contribution in [0.5, 0.6) is 0 Å². The molecule has 8 nitrogen and oxygen atoms in total. The average molecular weight is 412 g/mol. The number of esters is 1. The normalized spacial score (nSPS) is 14.9. The van der Waals surface area contributed by atoms with Gasteiger partial charge in [0.25, 0.3) is 0 Å². The third kappa shape index (κ3) is 9.47. The number of nitrogens with one attached hydrogen (secondary N) is 2. The molecule has 28 heavy (non-hydrogen) atoms. The topological polar surface area (TPSA) is 103 Å². The summed E-state index contributed by atoms with van der Waals surface area (Å²) in [7, 11) is 1.04. The van der Waals surface area contributed by atoms with Crippen molar-refractivity contribution in [2.45, 2.75) is 58.5 Å². The summed E-state index contributed by atoms with van der Waals surface area (Å²) in [6.07, 6.45) is -6.01. The van der Waals surface area contributed by atoms with Gasteiger partial charge in [-0.1, -0.05) is 13.5 Å². The minimum atomic E-state index is -4.80. The number of halogens is 3. The van der Waals surface area contributed by atoms with Crippen LogP contribution in [0.2, 0.25) is 0 Å². The Balaban J connectivity index is 5.49. The standard InChI is InChI=1S/C17H27F3N2O6/c1-9(2)27-8-11(14(24)26-7)21-13(23)12(10(3)17(18,19)20)22-15(25)28-16(4,5)6/h10-12H,1,8H2,2-7H3,(H,21,23)(H,22,25)/t10-,11-,12-/m0/s1. The highest BCUT2D eigenvalue weighted by Gasteiger charge is 2.46. The molecular weight excluding hydrogens is 385 g/mol. The molecule has 0 aromatic carbocycles. The van der Waals surface area contributed by atoms with Gasteiger partial charge >= 0.3 is 18.2 Å². The second-order valence-corrected chi connectivity index (χ2v) is 7.05. The van der Waals surface area contributed by atoms with Crippen molar-refractivity contribution in [1.29, 1.82) is 0 Å². The highest BCUT2D eigenvalue weighted by Crippen LogP contribution is 2.28. The Kier molecular flexibility index (Phi) is 9.29. The van der Waals surface area contributed by atoms with Gasteiger partial charge in [0.15, 0.2) is 6.04 Å². The van der Waals surface area contributed by atoms with Gasteiger partial charge in [0.1, 0.15) is 18.2 Å². The van der Waals surface area contributed by atoms with Crippen LogP contribution in [0.4, 0.5) is 18.0 Å². The van der Waals surface area contributed by atoms with E-state index < -0.39 is 54.4 Å². The Morgan fingerprint density at radius 2 is 1.64 bits per heavy atom. The van der Waals surface area contributed by atoms with E-state index in [4.69, 9.17) is 9.47 Å². The molecule has 3 atom stereocenters. The Hall–Kier alpha value is -2.46. The number of alkyl carbamates (subject to hydrolysis) is 1. The van der Waals surface area contributed by atoms with E-state index in [0.717, 1.165) is 14.0 Å². The average Bonchev–Trinajstić information content (AvgIpc) is 2.52. The Bertz CT molecular complexity index is 586. The number of methoxy groups -OCH3 is 1. The van der Waals surface area contributed by atoms with Crippen LogP contribution in [-0.2, 0) is 23.8 Å². The predicted octanol–water partition coefficient (Wildman–Crippen LogP) is 2.29. The van der Waals surface area contributed by atoms with E-state index in [9.17, 15) is 27.6 Å². The maximum absolute atomic E-state index is 13.2. The summed E-state index contributed by atoms with van der Waals surface area (Å²) >= 11 is 0. The lowest BCUT2D eigenvalue weighted by Crippen LogP contribution is -2.58. The molecule has 0 saturated heterocycles. The zero-order valence-corrected chi connectivity index (χ0v) is 16.7. The SMILES string of the molecule is C=C(C)OC[C@H](NC(=O)[C@@H](NC(=O)OC(C)(C)C)[C@H](C)C(F)(F)F)C(=O)OC. The largest absolute Gasteiger partial charge is 0.496 e. The van der Waals surface area contributed by atoms with Crippen LogP contribution >= 0.6 is 0 Å². The van der Waals surface area contributed by atoms with E-state index in [2.05, 4.69) is 16.6 Å². The Labute approximate surface area is 161 Å². The van der Waals surface area contributed by atoms with Crippen LogP contribution in [0.1, 0.15) is 34.6 Å². The molecule has 0 heterocycles. The second-order valence-electron chi connectivity index (χ2n) is 7.05. The van der Waals surface area contributed by atoms with Gasteiger partial charge in [0.2, 0.25) is 5.91 Å². The molecule has 0 spiro atoms. The van der Waals surface area contributed by atoms with Gasteiger partial charge < -0.3 is 24.8 Å². The first-order chi connectivity index (χ1) is 12.6. The number of hydrogen-bond acceptors (Lipinski definition) is 6. The quantitative estimate of drug-likeness (QED) is 0.468. The van der Waals surface area contributed by atoms with Gasteiger partial charge in [0.05, 0.1) is 18.8 Å². The third-order valence-electron chi connectivity index (χ3n) is 3.27. The minimum Gasteiger partial charge on any atom is -0.496 e. The van der Waals surface area contributed by atoms with Crippen LogP contribution in [-0.4, -0.2) is 55.5 Å². The van der Waals surface area contributed by atoms with E-state index in [-0.39, 0.29) is 5.76 Å². The lowest BCUT2D eigenvalue weighted by molar-refractivity contribution is -0.180. The number of amides is 2. The van der Waals surface area contributed by atoms with Crippen molar-refractivity contribution >= 4 is 18.0 Å². The molecule has 2 amide bonds. The van der Waals surface area contributed by atoms with Crippen molar-refractivity contribution in [3.8, 4) is 0 Å². The predicted molar refractivity (Wildman–Crippen MR) is 93.1 cm³/mol. The zero-order valence-electron chi connectivity index (χ0n) is 16.7. The van der Waals surface area contributed by atoms with Crippen LogP contribution in [0.25, 0.3) is 0 Å². The molecule has 0 aromatic rings. The smallest absolute Gasteiger partial charge is 0.408 e. The highest BCUT2D eigenvalue weighted by molar-refractivity contribution is 5.90.